The van der Waals surface area contributed by atoms with Gasteiger partial charge in [-0.1, -0.05) is 43.3 Å². The van der Waals surface area contributed by atoms with Crippen LogP contribution in [0.1, 0.15) is 42.5 Å². The van der Waals surface area contributed by atoms with Gasteiger partial charge in [-0.05, 0) is 54.7 Å². The van der Waals surface area contributed by atoms with Crippen molar-refractivity contribution in [2.75, 3.05) is 25.7 Å². The third-order valence-electron chi connectivity index (χ3n) is 5.12. The van der Waals surface area contributed by atoms with E-state index < -0.39 is 6.04 Å². The zero-order valence-corrected chi connectivity index (χ0v) is 18.3. The van der Waals surface area contributed by atoms with Gasteiger partial charge in [-0.3, -0.25) is 0 Å². The summed E-state index contributed by atoms with van der Waals surface area (Å²) in [5.74, 6) is 2.16. The summed E-state index contributed by atoms with van der Waals surface area (Å²) in [6.45, 7) is 8.75. The number of aliphatic hydroxyl groups excluding tert-OH is 1. The highest BCUT2D eigenvalue weighted by Gasteiger charge is 2.24. The van der Waals surface area contributed by atoms with Gasteiger partial charge in [0.1, 0.15) is 24.1 Å². The molecule has 0 spiro atoms. The summed E-state index contributed by atoms with van der Waals surface area (Å²) in [5.41, 5.74) is 4.21. The highest BCUT2D eigenvalue weighted by molar-refractivity contribution is 6.17. The van der Waals surface area contributed by atoms with Crippen LogP contribution in [-0.4, -0.2) is 36.8 Å². The van der Waals surface area contributed by atoms with Crippen molar-refractivity contribution >= 4 is 11.6 Å². The van der Waals surface area contributed by atoms with Crippen molar-refractivity contribution in [2.24, 2.45) is 5.18 Å². The number of rotatable bonds is 11. The number of hydrogen-bond donors (Lipinski definition) is 1. The molecule has 0 saturated carbocycles. The number of benzene rings is 2. The lowest BCUT2D eigenvalue weighted by Crippen LogP contribution is -2.21. The molecule has 5 nitrogen and oxygen atoms in total. The molecule has 158 valence electrons. The van der Waals surface area contributed by atoms with E-state index in [0.717, 1.165) is 28.9 Å². The molecule has 2 aromatic rings. The maximum absolute atomic E-state index is 10.6. The van der Waals surface area contributed by atoms with Crippen LogP contribution in [0, 0.1) is 18.8 Å². The first-order chi connectivity index (χ1) is 13.8. The van der Waals surface area contributed by atoms with Crippen LogP contribution in [0.25, 0.3) is 0 Å². The van der Waals surface area contributed by atoms with Gasteiger partial charge in [0.2, 0.25) is 0 Å². The molecule has 0 aromatic heterocycles. The first kappa shape index (κ1) is 23.2. The number of aryl methyl sites for hydroxylation is 2. The Balaban J connectivity index is 2.19. The minimum Gasteiger partial charge on any atom is -0.493 e. The SMILES string of the molecule is Cc1cc(C(C)(C)c2ccc(OCC(CO)N=O)c(C)c2)ccc1OCCCCl. The highest BCUT2D eigenvalue weighted by Crippen LogP contribution is 2.36. The molecule has 6 heteroatoms. The number of halogens is 1. The van der Waals surface area contributed by atoms with Crippen molar-refractivity contribution < 1.29 is 14.6 Å². The predicted octanol–water partition coefficient (Wildman–Crippen LogP) is 5.14. The van der Waals surface area contributed by atoms with Gasteiger partial charge < -0.3 is 14.6 Å². The second kappa shape index (κ2) is 10.6. The van der Waals surface area contributed by atoms with Gasteiger partial charge in [0, 0.05) is 11.3 Å². The van der Waals surface area contributed by atoms with Crippen LogP contribution in [0.5, 0.6) is 11.5 Å². The number of nitrogens with zero attached hydrogens (tertiary/aromatic N) is 1. The van der Waals surface area contributed by atoms with Gasteiger partial charge in [0.25, 0.3) is 0 Å². The Morgan fingerprint density at radius 1 is 1.03 bits per heavy atom. The van der Waals surface area contributed by atoms with E-state index in [1.807, 2.05) is 25.1 Å². The van der Waals surface area contributed by atoms with Crippen molar-refractivity contribution in [3.63, 3.8) is 0 Å². The summed E-state index contributed by atoms with van der Waals surface area (Å²) in [5, 5.41) is 11.9. The monoisotopic (exact) mass is 419 g/mol. The van der Waals surface area contributed by atoms with Crippen LogP contribution >= 0.6 is 11.6 Å². The molecule has 0 amide bonds. The Bertz CT molecular complexity index is 823. The van der Waals surface area contributed by atoms with Gasteiger partial charge in [-0.2, -0.15) is 4.91 Å². The summed E-state index contributed by atoms with van der Waals surface area (Å²) in [4.78, 5) is 10.6. The fraction of sp³-hybridized carbons (Fsp3) is 0.478. The zero-order chi connectivity index (χ0) is 21.4. The van der Waals surface area contributed by atoms with E-state index >= 15 is 0 Å². The van der Waals surface area contributed by atoms with E-state index in [9.17, 15) is 4.91 Å². The average Bonchev–Trinajstić information content (AvgIpc) is 2.70. The molecule has 0 aliphatic heterocycles. The summed E-state index contributed by atoms with van der Waals surface area (Å²) in [6.07, 6.45) is 0.823. The van der Waals surface area contributed by atoms with Crippen molar-refractivity contribution in [2.45, 2.75) is 45.6 Å². The Labute approximate surface area is 178 Å². The number of nitroso groups, excluding NO2 is 1. The minimum absolute atomic E-state index is 0.0634. The molecule has 29 heavy (non-hydrogen) atoms. The third-order valence-corrected chi connectivity index (χ3v) is 5.39. The lowest BCUT2D eigenvalue weighted by Gasteiger charge is -2.28. The first-order valence-corrected chi connectivity index (χ1v) is 10.3. The molecule has 2 rings (SSSR count). The molecule has 1 N–H and O–H groups in total. The van der Waals surface area contributed by atoms with Crippen LogP contribution in [0.2, 0.25) is 0 Å². The number of hydrogen-bond acceptors (Lipinski definition) is 5. The smallest absolute Gasteiger partial charge is 0.149 e. The summed E-state index contributed by atoms with van der Waals surface area (Å²) < 4.78 is 11.5. The van der Waals surface area contributed by atoms with E-state index in [1.54, 1.807) is 0 Å². The zero-order valence-electron chi connectivity index (χ0n) is 17.6. The highest BCUT2D eigenvalue weighted by atomic mass is 35.5. The molecular formula is C23H30ClNO4. The molecule has 0 aliphatic rings. The van der Waals surface area contributed by atoms with E-state index in [4.69, 9.17) is 26.2 Å². The predicted molar refractivity (Wildman–Crippen MR) is 117 cm³/mol. The van der Waals surface area contributed by atoms with Gasteiger partial charge in [0.05, 0.1) is 13.2 Å². The Hall–Kier alpha value is -2.11. The standard InChI is InChI=1S/C23H30ClNO4/c1-16-12-18(6-8-21(16)28-11-5-10-24)23(3,4)19-7-9-22(17(2)13-19)29-15-20(14-26)25-27/h6-9,12-13,20,26H,5,10-11,14-15H2,1-4H3. The molecule has 0 fully saturated rings. The molecule has 1 unspecified atom stereocenters. The fourth-order valence-electron chi connectivity index (χ4n) is 3.11. The van der Waals surface area contributed by atoms with E-state index in [-0.39, 0.29) is 18.6 Å². The van der Waals surface area contributed by atoms with Crippen LogP contribution in [-0.2, 0) is 5.41 Å². The quantitative estimate of drug-likeness (QED) is 0.311. The summed E-state index contributed by atoms with van der Waals surface area (Å²) in [7, 11) is 0. The molecule has 0 saturated heterocycles. The molecule has 0 radical (unpaired) electrons. The van der Waals surface area contributed by atoms with Crippen molar-refractivity contribution in [1.82, 2.24) is 0 Å². The maximum Gasteiger partial charge on any atom is 0.149 e. The number of aliphatic hydroxyl groups is 1. The average molecular weight is 420 g/mol. The topological polar surface area (TPSA) is 68.1 Å². The van der Waals surface area contributed by atoms with Gasteiger partial charge >= 0.3 is 0 Å². The van der Waals surface area contributed by atoms with Gasteiger partial charge in [-0.15, -0.1) is 11.6 Å². The number of ether oxygens (including phenoxy) is 2. The second-order valence-corrected chi connectivity index (χ2v) is 8.11. The fourth-order valence-corrected chi connectivity index (χ4v) is 3.22. The summed E-state index contributed by atoms with van der Waals surface area (Å²) in [6, 6.07) is 11.6. The normalized spacial score (nSPS) is 12.5. The van der Waals surface area contributed by atoms with Crippen molar-refractivity contribution in [3.8, 4) is 11.5 Å². The van der Waals surface area contributed by atoms with Crippen LogP contribution in [0.15, 0.2) is 41.6 Å². The van der Waals surface area contributed by atoms with E-state index in [0.29, 0.717) is 18.2 Å². The van der Waals surface area contributed by atoms with Crippen LogP contribution < -0.4 is 9.47 Å². The third kappa shape index (κ3) is 5.94. The van der Waals surface area contributed by atoms with E-state index in [1.165, 1.54) is 5.56 Å². The van der Waals surface area contributed by atoms with Crippen molar-refractivity contribution in [3.05, 3.63) is 63.6 Å². The van der Waals surface area contributed by atoms with Crippen molar-refractivity contribution in [1.29, 1.82) is 0 Å². The lowest BCUT2D eigenvalue weighted by atomic mass is 9.77. The number of alkyl halides is 1. The molecule has 2 aromatic carbocycles. The van der Waals surface area contributed by atoms with Gasteiger partial charge in [0.15, 0.2) is 0 Å². The van der Waals surface area contributed by atoms with Gasteiger partial charge in [-0.25, -0.2) is 0 Å². The molecule has 1 atom stereocenters. The first-order valence-electron chi connectivity index (χ1n) is 9.80. The Morgan fingerprint density at radius 3 is 2.03 bits per heavy atom. The Kier molecular flexibility index (Phi) is 8.47. The lowest BCUT2D eigenvalue weighted by molar-refractivity contribution is 0.206. The van der Waals surface area contributed by atoms with Crippen LogP contribution in [0.3, 0.4) is 0 Å². The second-order valence-electron chi connectivity index (χ2n) is 7.73. The molecule has 0 aliphatic carbocycles. The minimum atomic E-state index is -0.751. The summed E-state index contributed by atoms with van der Waals surface area (Å²) >= 11 is 5.72. The largest absolute Gasteiger partial charge is 0.493 e. The molecular weight excluding hydrogens is 390 g/mol. The molecule has 0 heterocycles. The molecule has 0 bridgehead atoms. The van der Waals surface area contributed by atoms with Crippen LogP contribution in [0.4, 0.5) is 0 Å². The maximum atomic E-state index is 10.6. The van der Waals surface area contributed by atoms with E-state index in [2.05, 4.69) is 44.1 Å². The Morgan fingerprint density at radius 2 is 1.59 bits per heavy atom.